The van der Waals surface area contributed by atoms with Crippen molar-refractivity contribution in [3.05, 3.63) is 29.8 Å². The van der Waals surface area contributed by atoms with Crippen molar-refractivity contribution in [1.29, 1.82) is 0 Å². The maximum absolute atomic E-state index is 12.1. The molecular weight excluding hydrogens is 284 g/mol. The highest BCUT2D eigenvalue weighted by Gasteiger charge is 2.65. The number of anilines is 1. The maximum atomic E-state index is 12.1. The number of carbonyl (C=O) groups excluding carboxylic acids is 1. The lowest BCUT2D eigenvalue weighted by Gasteiger charge is -2.24. The second-order valence-electron chi connectivity index (χ2n) is 5.96. The number of hydrogen-bond acceptors (Lipinski definition) is 3. The summed E-state index contributed by atoms with van der Waals surface area (Å²) in [6.45, 7) is 2.45. The van der Waals surface area contributed by atoms with Crippen molar-refractivity contribution in [2.24, 2.45) is 0 Å². The Kier molecular flexibility index (Phi) is 2.91. The Labute approximate surface area is 128 Å². The van der Waals surface area contributed by atoms with Crippen LogP contribution in [0.15, 0.2) is 24.3 Å². The van der Waals surface area contributed by atoms with Gasteiger partial charge in [0.15, 0.2) is 5.37 Å². The highest BCUT2D eigenvalue weighted by Crippen LogP contribution is 2.53. The molecule has 0 radical (unpaired) electrons. The monoisotopic (exact) mass is 303 g/mol. The summed E-state index contributed by atoms with van der Waals surface area (Å²) in [6.07, 6.45) is 4.49. The minimum absolute atomic E-state index is 0.00543. The molecule has 0 fully saturated rings. The number of nitrogens with zero attached hydrogens (tertiary/aromatic N) is 2. The van der Waals surface area contributed by atoms with E-state index in [9.17, 15) is 9.90 Å². The zero-order valence-electron chi connectivity index (χ0n) is 12.1. The van der Waals surface area contributed by atoms with E-state index in [2.05, 4.69) is 4.58 Å². The number of thioether (sulfide) groups is 1. The standard InChI is InChI=1S/C16H19N2O2S/c1-11(19)18-13-8-5-4-7-12(13)16(20)15(18)21-14-9-3-2-6-10-17(14)16/h4-5,7-8,15,20H,2-3,6,9-10H2,1H3/q+1/t15?,16-/m0/s1. The minimum Gasteiger partial charge on any atom is -0.328 e. The Balaban J connectivity index is 1.91. The van der Waals surface area contributed by atoms with Crippen molar-refractivity contribution in [1.82, 2.24) is 0 Å². The number of para-hydroxylation sites is 1. The molecule has 1 amide bonds. The molecule has 0 saturated heterocycles. The smallest absolute Gasteiger partial charge is 0.326 e. The van der Waals surface area contributed by atoms with E-state index in [-0.39, 0.29) is 11.3 Å². The van der Waals surface area contributed by atoms with Crippen LogP contribution in [0, 0.1) is 0 Å². The third kappa shape index (κ3) is 1.67. The molecule has 3 aliphatic rings. The molecule has 1 N–H and O–H groups in total. The van der Waals surface area contributed by atoms with Crippen molar-refractivity contribution < 1.29 is 14.5 Å². The number of benzene rings is 1. The normalized spacial score (nSPS) is 30.8. The number of fused-ring (bicyclic) bond motifs is 4. The predicted octanol–water partition coefficient (Wildman–Crippen LogP) is 2.26. The zero-order valence-corrected chi connectivity index (χ0v) is 12.9. The molecule has 0 saturated carbocycles. The van der Waals surface area contributed by atoms with E-state index < -0.39 is 5.72 Å². The van der Waals surface area contributed by atoms with Crippen LogP contribution in [0.25, 0.3) is 0 Å². The molecule has 3 heterocycles. The van der Waals surface area contributed by atoms with Gasteiger partial charge in [-0.05, 0) is 36.7 Å². The lowest BCUT2D eigenvalue weighted by Crippen LogP contribution is -2.48. The first-order valence-corrected chi connectivity index (χ1v) is 8.44. The number of carbonyl (C=O) groups is 1. The van der Waals surface area contributed by atoms with E-state index >= 15 is 0 Å². The van der Waals surface area contributed by atoms with Crippen LogP contribution in [0.2, 0.25) is 0 Å². The SMILES string of the molecule is CC(=O)N1c2ccccc2[C@]2(O)C1SC1=[N+]2CCCCC1. The van der Waals surface area contributed by atoms with Gasteiger partial charge >= 0.3 is 5.72 Å². The maximum Gasteiger partial charge on any atom is 0.326 e. The van der Waals surface area contributed by atoms with Crippen LogP contribution in [-0.2, 0) is 10.5 Å². The van der Waals surface area contributed by atoms with Crippen LogP contribution >= 0.6 is 11.8 Å². The van der Waals surface area contributed by atoms with Crippen LogP contribution in [0.3, 0.4) is 0 Å². The van der Waals surface area contributed by atoms with E-state index in [0.29, 0.717) is 0 Å². The molecule has 0 bridgehead atoms. The van der Waals surface area contributed by atoms with Gasteiger partial charge in [0.05, 0.1) is 11.3 Å². The summed E-state index contributed by atoms with van der Waals surface area (Å²) in [6, 6.07) is 7.76. The quantitative estimate of drug-likeness (QED) is 0.748. The van der Waals surface area contributed by atoms with Crippen molar-refractivity contribution in [3.63, 3.8) is 0 Å². The number of rotatable bonds is 0. The fourth-order valence-electron chi connectivity index (χ4n) is 3.78. The van der Waals surface area contributed by atoms with Gasteiger partial charge < -0.3 is 5.11 Å². The lowest BCUT2D eigenvalue weighted by atomic mass is 10.0. The van der Waals surface area contributed by atoms with Crippen molar-refractivity contribution in [3.8, 4) is 0 Å². The molecule has 2 atom stereocenters. The molecule has 0 aromatic heterocycles. The van der Waals surface area contributed by atoms with Crippen molar-refractivity contribution in [2.75, 3.05) is 11.4 Å². The van der Waals surface area contributed by atoms with Gasteiger partial charge in [-0.3, -0.25) is 9.69 Å². The van der Waals surface area contributed by atoms with Crippen LogP contribution < -0.4 is 4.90 Å². The van der Waals surface area contributed by atoms with Crippen LogP contribution in [0.4, 0.5) is 5.69 Å². The van der Waals surface area contributed by atoms with Crippen LogP contribution in [-0.4, -0.2) is 32.6 Å². The van der Waals surface area contributed by atoms with Gasteiger partial charge in [0.25, 0.3) is 0 Å². The minimum atomic E-state index is -1.06. The predicted molar refractivity (Wildman–Crippen MR) is 83.5 cm³/mol. The third-order valence-electron chi connectivity index (χ3n) is 4.71. The molecule has 0 spiro atoms. The van der Waals surface area contributed by atoms with E-state index in [1.807, 2.05) is 24.3 Å². The lowest BCUT2D eigenvalue weighted by molar-refractivity contribution is -0.661. The van der Waals surface area contributed by atoms with Gasteiger partial charge in [0.1, 0.15) is 6.54 Å². The topological polar surface area (TPSA) is 43.6 Å². The number of amides is 1. The second kappa shape index (κ2) is 4.58. The summed E-state index contributed by atoms with van der Waals surface area (Å²) in [4.78, 5) is 13.9. The van der Waals surface area contributed by atoms with Gasteiger partial charge in [-0.2, -0.15) is 4.58 Å². The zero-order chi connectivity index (χ0) is 14.6. The van der Waals surface area contributed by atoms with Gasteiger partial charge in [-0.25, -0.2) is 0 Å². The highest BCUT2D eigenvalue weighted by atomic mass is 32.2. The average Bonchev–Trinajstić information content (AvgIpc) is 2.75. The van der Waals surface area contributed by atoms with Crippen LogP contribution in [0.1, 0.15) is 38.2 Å². The molecule has 1 unspecified atom stereocenters. The first-order chi connectivity index (χ1) is 10.1. The largest absolute Gasteiger partial charge is 0.328 e. The van der Waals surface area contributed by atoms with Crippen molar-refractivity contribution in [2.45, 2.75) is 43.7 Å². The summed E-state index contributed by atoms with van der Waals surface area (Å²) in [7, 11) is 0. The Morgan fingerprint density at radius 1 is 1.38 bits per heavy atom. The fraction of sp³-hybridized carbons (Fsp3) is 0.500. The molecule has 0 aliphatic carbocycles. The van der Waals surface area contributed by atoms with Crippen LogP contribution in [0.5, 0.6) is 0 Å². The van der Waals surface area contributed by atoms with Crippen molar-refractivity contribution >= 4 is 28.4 Å². The Morgan fingerprint density at radius 3 is 3.00 bits per heavy atom. The summed E-state index contributed by atoms with van der Waals surface area (Å²) in [5.74, 6) is -0.00543. The van der Waals surface area contributed by atoms with Gasteiger partial charge in [-0.15, -0.1) is 0 Å². The second-order valence-corrected chi connectivity index (χ2v) is 7.11. The molecule has 1 aromatic rings. The fourth-order valence-corrected chi connectivity index (χ4v) is 5.44. The number of hydrogen-bond donors (Lipinski definition) is 1. The van der Waals surface area contributed by atoms with E-state index in [4.69, 9.17) is 0 Å². The van der Waals surface area contributed by atoms with E-state index in [1.165, 1.54) is 17.9 Å². The van der Waals surface area contributed by atoms with Gasteiger partial charge in [0, 0.05) is 19.8 Å². The number of aliphatic hydroxyl groups is 1. The summed E-state index contributed by atoms with van der Waals surface area (Å²) in [5.41, 5.74) is 0.662. The molecular formula is C16H19N2O2S+. The molecule has 1 aromatic carbocycles. The highest BCUT2D eigenvalue weighted by molar-refractivity contribution is 8.14. The summed E-state index contributed by atoms with van der Waals surface area (Å²) in [5, 5.41) is 12.5. The molecule has 110 valence electrons. The van der Waals surface area contributed by atoms with E-state index in [1.54, 1.807) is 23.6 Å². The molecule has 3 aliphatic heterocycles. The molecule has 5 heteroatoms. The van der Waals surface area contributed by atoms with Gasteiger partial charge in [-0.1, -0.05) is 12.1 Å². The summed E-state index contributed by atoms with van der Waals surface area (Å²) < 4.78 is 2.15. The Morgan fingerprint density at radius 2 is 2.19 bits per heavy atom. The summed E-state index contributed by atoms with van der Waals surface area (Å²) >= 11 is 1.67. The molecule has 21 heavy (non-hydrogen) atoms. The van der Waals surface area contributed by atoms with E-state index in [0.717, 1.165) is 30.6 Å². The Hall–Kier alpha value is -1.33. The molecule has 4 nitrogen and oxygen atoms in total. The third-order valence-corrected chi connectivity index (χ3v) is 6.17. The first kappa shape index (κ1) is 13.3. The average molecular weight is 303 g/mol. The molecule has 4 rings (SSSR count). The first-order valence-electron chi connectivity index (χ1n) is 7.56. The Bertz CT molecular complexity index is 657. The van der Waals surface area contributed by atoms with Gasteiger partial charge in [0.2, 0.25) is 11.0 Å².